The molecule has 0 aromatic heterocycles. The van der Waals surface area contributed by atoms with Gasteiger partial charge in [-0.2, -0.15) is 0 Å². The summed E-state index contributed by atoms with van der Waals surface area (Å²) in [7, 11) is 0. The summed E-state index contributed by atoms with van der Waals surface area (Å²) in [4.78, 5) is 0. The number of hydrogen-bond acceptors (Lipinski definition) is 3. The Bertz CT molecular complexity index is 526. The first-order valence-corrected chi connectivity index (χ1v) is 9.71. The standard InChI is InChI=1S/C21H34O3/c1-5-21(24)11-8-18-14(2)17(7-10-20(18,21)4)19(3)9-6-16(23)12-15(19)13-22/h1,14-18,22-24H,6-13H2,2-4H3/t14-,15-,16+,17+,18+,19+,20+,21+/m1/s1. The fraction of sp³-hybridized carbons (Fsp3) is 0.905. The van der Waals surface area contributed by atoms with Crippen molar-refractivity contribution in [2.75, 3.05) is 6.61 Å². The molecule has 3 saturated carbocycles. The van der Waals surface area contributed by atoms with E-state index in [2.05, 4.69) is 26.7 Å². The van der Waals surface area contributed by atoms with Crippen LogP contribution in [0.3, 0.4) is 0 Å². The molecule has 0 aromatic carbocycles. The molecule has 0 radical (unpaired) electrons. The van der Waals surface area contributed by atoms with Gasteiger partial charge in [-0.05, 0) is 74.0 Å². The summed E-state index contributed by atoms with van der Waals surface area (Å²) in [5.74, 6) is 4.34. The van der Waals surface area contributed by atoms with E-state index in [9.17, 15) is 15.3 Å². The molecule has 0 heterocycles. The van der Waals surface area contributed by atoms with E-state index in [-0.39, 0.29) is 29.5 Å². The average molecular weight is 335 g/mol. The molecule has 0 spiro atoms. The first-order chi connectivity index (χ1) is 11.2. The van der Waals surface area contributed by atoms with Crippen LogP contribution in [0.1, 0.15) is 65.7 Å². The number of fused-ring (bicyclic) bond motifs is 1. The summed E-state index contributed by atoms with van der Waals surface area (Å²) in [5.41, 5.74) is -1.07. The van der Waals surface area contributed by atoms with Gasteiger partial charge in [0.2, 0.25) is 0 Å². The van der Waals surface area contributed by atoms with Crippen molar-refractivity contribution >= 4 is 0 Å². The second kappa shape index (κ2) is 6.01. The fourth-order valence-electron chi connectivity index (χ4n) is 6.84. The van der Waals surface area contributed by atoms with Crippen LogP contribution in [0.25, 0.3) is 0 Å². The van der Waals surface area contributed by atoms with Crippen LogP contribution in [0.4, 0.5) is 0 Å². The van der Waals surface area contributed by atoms with Crippen LogP contribution in [-0.4, -0.2) is 33.6 Å². The van der Waals surface area contributed by atoms with Crippen LogP contribution < -0.4 is 0 Å². The Morgan fingerprint density at radius 2 is 1.75 bits per heavy atom. The third-order valence-electron chi connectivity index (χ3n) is 8.64. The number of hydrogen-bond donors (Lipinski definition) is 3. The minimum Gasteiger partial charge on any atom is -0.396 e. The van der Waals surface area contributed by atoms with Gasteiger partial charge in [0.1, 0.15) is 5.60 Å². The lowest BCUT2D eigenvalue weighted by Crippen LogP contribution is -2.54. The fourth-order valence-corrected chi connectivity index (χ4v) is 6.84. The molecule has 24 heavy (non-hydrogen) atoms. The third-order valence-corrected chi connectivity index (χ3v) is 8.64. The quantitative estimate of drug-likeness (QED) is 0.681. The molecule has 136 valence electrons. The molecule has 0 aliphatic heterocycles. The normalized spacial score (nSPS) is 55.0. The number of rotatable bonds is 2. The second-order valence-electron chi connectivity index (χ2n) is 9.39. The van der Waals surface area contributed by atoms with Gasteiger partial charge in [0, 0.05) is 12.0 Å². The minimum absolute atomic E-state index is 0.0750. The molecule has 0 saturated heterocycles. The van der Waals surface area contributed by atoms with E-state index < -0.39 is 5.60 Å². The number of terminal acetylenes is 1. The maximum atomic E-state index is 11.0. The van der Waals surface area contributed by atoms with Crippen LogP contribution >= 0.6 is 0 Å². The van der Waals surface area contributed by atoms with E-state index >= 15 is 0 Å². The summed E-state index contributed by atoms with van der Waals surface area (Å²) in [5, 5.41) is 30.9. The predicted molar refractivity (Wildman–Crippen MR) is 95.0 cm³/mol. The SMILES string of the molecule is C#C[C@]1(O)CC[C@H]2[C@H](C)[C@@H]([C@@]3(C)CC[C@H](O)C[C@@H]3CO)CC[C@@]21C. The van der Waals surface area contributed by atoms with Crippen molar-refractivity contribution in [3.63, 3.8) is 0 Å². The summed E-state index contributed by atoms with van der Waals surface area (Å²) in [6.45, 7) is 7.01. The van der Waals surface area contributed by atoms with Gasteiger partial charge in [-0.1, -0.05) is 26.7 Å². The van der Waals surface area contributed by atoms with Crippen molar-refractivity contribution < 1.29 is 15.3 Å². The maximum absolute atomic E-state index is 11.0. The molecule has 8 atom stereocenters. The Morgan fingerprint density at radius 1 is 1.08 bits per heavy atom. The first-order valence-electron chi connectivity index (χ1n) is 9.71. The molecule has 0 unspecified atom stereocenters. The Balaban J connectivity index is 1.87. The Morgan fingerprint density at radius 3 is 2.38 bits per heavy atom. The van der Waals surface area contributed by atoms with Gasteiger partial charge in [0.25, 0.3) is 0 Å². The molecule has 3 aliphatic carbocycles. The predicted octanol–water partition coefficient (Wildman–Crippen LogP) is 2.97. The van der Waals surface area contributed by atoms with Crippen LogP contribution in [0.5, 0.6) is 0 Å². The van der Waals surface area contributed by atoms with Crippen LogP contribution in [0.15, 0.2) is 0 Å². The van der Waals surface area contributed by atoms with E-state index in [1.807, 2.05) is 0 Å². The van der Waals surface area contributed by atoms with E-state index in [4.69, 9.17) is 6.42 Å². The molecular formula is C21H34O3. The molecule has 0 aromatic rings. The summed E-state index contributed by atoms with van der Waals surface area (Å²) in [6.07, 6.45) is 11.7. The average Bonchev–Trinajstić information content (AvgIpc) is 2.83. The van der Waals surface area contributed by atoms with Crippen molar-refractivity contribution in [1.82, 2.24) is 0 Å². The van der Waals surface area contributed by atoms with E-state index in [1.54, 1.807) is 0 Å². The second-order valence-corrected chi connectivity index (χ2v) is 9.39. The van der Waals surface area contributed by atoms with Crippen molar-refractivity contribution in [2.45, 2.75) is 77.4 Å². The Kier molecular flexibility index (Phi) is 4.56. The molecule has 0 bridgehead atoms. The van der Waals surface area contributed by atoms with Gasteiger partial charge in [-0.25, -0.2) is 0 Å². The zero-order valence-electron chi connectivity index (χ0n) is 15.5. The van der Waals surface area contributed by atoms with Gasteiger partial charge in [-0.15, -0.1) is 6.42 Å². The molecule has 3 rings (SSSR count). The lowest BCUT2D eigenvalue weighted by molar-refractivity contribution is -0.121. The van der Waals surface area contributed by atoms with Crippen molar-refractivity contribution in [3.05, 3.63) is 0 Å². The Labute approximate surface area is 146 Å². The highest BCUT2D eigenvalue weighted by atomic mass is 16.3. The monoisotopic (exact) mass is 334 g/mol. The molecule has 3 nitrogen and oxygen atoms in total. The van der Waals surface area contributed by atoms with Gasteiger partial charge >= 0.3 is 0 Å². The van der Waals surface area contributed by atoms with Gasteiger partial charge in [-0.3, -0.25) is 0 Å². The van der Waals surface area contributed by atoms with Crippen LogP contribution in [0, 0.1) is 46.8 Å². The molecule has 3 N–H and O–H groups in total. The Hall–Kier alpha value is -0.560. The molecule has 3 aliphatic rings. The first kappa shape index (κ1) is 18.2. The van der Waals surface area contributed by atoms with Crippen LogP contribution in [-0.2, 0) is 0 Å². The maximum Gasteiger partial charge on any atom is 0.130 e. The van der Waals surface area contributed by atoms with Gasteiger partial charge < -0.3 is 15.3 Å². The highest BCUT2D eigenvalue weighted by Gasteiger charge is 2.62. The molecule has 0 amide bonds. The molecule has 3 fully saturated rings. The highest BCUT2D eigenvalue weighted by molar-refractivity contribution is 5.22. The summed E-state index contributed by atoms with van der Waals surface area (Å²) in [6, 6.07) is 0. The van der Waals surface area contributed by atoms with Crippen LogP contribution in [0.2, 0.25) is 0 Å². The molecule has 3 heteroatoms. The summed E-state index contributed by atoms with van der Waals surface area (Å²) >= 11 is 0. The lowest BCUT2D eigenvalue weighted by atomic mass is 9.49. The number of aliphatic hydroxyl groups is 3. The smallest absolute Gasteiger partial charge is 0.130 e. The minimum atomic E-state index is -0.961. The lowest BCUT2D eigenvalue weighted by Gasteiger charge is -2.57. The third kappa shape index (κ3) is 2.37. The number of aliphatic hydroxyl groups excluding tert-OH is 2. The van der Waals surface area contributed by atoms with E-state index in [1.165, 1.54) is 0 Å². The van der Waals surface area contributed by atoms with Crippen molar-refractivity contribution in [1.29, 1.82) is 0 Å². The van der Waals surface area contributed by atoms with Gasteiger partial charge in [0.05, 0.1) is 6.10 Å². The van der Waals surface area contributed by atoms with Crippen molar-refractivity contribution in [2.24, 2.45) is 34.5 Å². The molecular weight excluding hydrogens is 300 g/mol. The van der Waals surface area contributed by atoms with Crippen molar-refractivity contribution in [3.8, 4) is 12.3 Å². The van der Waals surface area contributed by atoms with Gasteiger partial charge in [0.15, 0.2) is 0 Å². The largest absolute Gasteiger partial charge is 0.396 e. The highest BCUT2D eigenvalue weighted by Crippen LogP contribution is 2.64. The summed E-state index contributed by atoms with van der Waals surface area (Å²) < 4.78 is 0. The zero-order valence-corrected chi connectivity index (χ0v) is 15.5. The topological polar surface area (TPSA) is 60.7 Å². The zero-order chi connectivity index (χ0) is 17.8. The van der Waals surface area contributed by atoms with E-state index in [0.29, 0.717) is 30.6 Å². The van der Waals surface area contributed by atoms with E-state index in [0.717, 1.165) is 32.1 Å².